The van der Waals surface area contributed by atoms with E-state index in [9.17, 15) is 9.59 Å². The standard InChI is InChI=1S/C21H17ClN4O2/c1-14(25-26-21(28)17-10-12-23-13-11-17)15-4-8-19(9-5-15)24-20(27)16-2-6-18(22)7-3-16/h2-13H,1H3,(H,24,27)(H,26,28)/b25-14-. The van der Waals surface area contributed by atoms with E-state index in [1.54, 1.807) is 67.8 Å². The average Bonchev–Trinajstić information content (AvgIpc) is 2.73. The Bertz CT molecular complexity index is 1000. The van der Waals surface area contributed by atoms with Crippen LogP contribution in [0.15, 0.2) is 78.2 Å². The summed E-state index contributed by atoms with van der Waals surface area (Å²) >= 11 is 5.83. The number of hydrazone groups is 1. The molecule has 2 aromatic carbocycles. The van der Waals surface area contributed by atoms with Gasteiger partial charge in [0.15, 0.2) is 0 Å². The molecule has 0 saturated heterocycles. The number of benzene rings is 2. The molecular weight excluding hydrogens is 376 g/mol. The molecule has 0 bridgehead atoms. The normalized spacial score (nSPS) is 11.0. The van der Waals surface area contributed by atoms with Crippen molar-refractivity contribution in [2.75, 3.05) is 5.32 Å². The first-order valence-electron chi connectivity index (χ1n) is 8.45. The molecule has 0 spiro atoms. The highest BCUT2D eigenvalue weighted by Gasteiger charge is 2.07. The molecule has 3 aromatic rings. The second-order valence-corrected chi connectivity index (χ2v) is 6.35. The number of pyridine rings is 1. The Kier molecular flexibility index (Phi) is 6.14. The Labute approximate surface area is 167 Å². The lowest BCUT2D eigenvalue weighted by molar-refractivity contribution is 0.0954. The summed E-state index contributed by atoms with van der Waals surface area (Å²) in [7, 11) is 0. The number of carbonyl (C=O) groups excluding carboxylic acids is 2. The topological polar surface area (TPSA) is 83.4 Å². The highest BCUT2D eigenvalue weighted by Crippen LogP contribution is 2.14. The Morgan fingerprint density at radius 1 is 0.821 bits per heavy atom. The van der Waals surface area contributed by atoms with Crippen LogP contribution in [0.1, 0.15) is 33.2 Å². The van der Waals surface area contributed by atoms with E-state index in [4.69, 9.17) is 11.6 Å². The van der Waals surface area contributed by atoms with Crippen molar-refractivity contribution in [3.63, 3.8) is 0 Å². The molecule has 2 N–H and O–H groups in total. The van der Waals surface area contributed by atoms with Crippen LogP contribution in [0.3, 0.4) is 0 Å². The summed E-state index contributed by atoms with van der Waals surface area (Å²) in [6.45, 7) is 1.79. The van der Waals surface area contributed by atoms with Crippen LogP contribution in [0.5, 0.6) is 0 Å². The minimum absolute atomic E-state index is 0.223. The Balaban J connectivity index is 1.62. The summed E-state index contributed by atoms with van der Waals surface area (Å²) in [5.41, 5.74) is 5.61. The lowest BCUT2D eigenvalue weighted by Gasteiger charge is -2.07. The van der Waals surface area contributed by atoms with E-state index in [2.05, 4.69) is 20.8 Å². The second-order valence-electron chi connectivity index (χ2n) is 5.91. The number of carbonyl (C=O) groups is 2. The van der Waals surface area contributed by atoms with Crippen LogP contribution in [0.2, 0.25) is 5.02 Å². The monoisotopic (exact) mass is 392 g/mol. The van der Waals surface area contributed by atoms with Crippen LogP contribution in [0.4, 0.5) is 5.69 Å². The van der Waals surface area contributed by atoms with E-state index >= 15 is 0 Å². The largest absolute Gasteiger partial charge is 0.322 e. The number of aromatic nitrogens is 1. The molecule has 140 valence electrons. The number of nitrogens with one attached hydrogen (secondary N) is 2. The zero-order chi connectivity index (χ0) is 19.9. The summed E-state index contributed by atoms with van der Waals surface area (Å²) in [5, 5.41) is 7.51. The van der Waals surface area contributed by atoms with Crippen molar-refractivity contribution in [2.45, 2.75) is 6.92 Å². The van der Waals surface area contributed by atoms with E-state index in [0.717, 1.165) is 5.56 Å². The smallest absolute Gasteiger partial charge is 0.271 e. The SMILES string of the molecule is C/C(=N/NC(=O)c1ccncc1)c1ccc(NC(=O)c2ccc(Cl)cc2)cc1. The van der Waals surface area contributed by atoms with Gasteiger partial charge in [-0.15, -0.1) is 0 Å². The first-order chi connectivity index (χ1) is 13.5. The fourth-order valence-electron chi connectivity index (χ4n) is 2.37. The summed E-state index contributed by atoms with van der Waals surface area (Å²) in [6, 6.07) is 17.0. The van der Waals surface area contributed by atoms with Crippen molar-refractivity contribution in [1.82, 2.24) is 10.4 Å². The number of halogens is 1. The van der Waals surface area contributed by atoms with E-state index in [1.165, 1.54) is 0 Å². The molecule has 0 radical (unpaired) electrons. The predicted molar refractivity (Wildman–Crippen MR) is 110 cm³/mol. The number of nitrogens with zero attached hydrogens (tertiary/aromatic N) is 2. The maximum absolute atomic E-state index is 12.2. The van der Waals surface area contributed by atoms with Gasteiger partial charge in [0.2, 0.25) is 0 Å². The Morgan fingerprint density at radius 3 is 2.04 bits per heavy atom. The number of hydrogen-bond donors (Lipinski definition) is 2. The third-order valence-electron chi connectivity index (χ3n) is 3.93. The van der Waals surface area contributed by atoms with Crippen molar-refractivity contribution in [2.24, 2.45) is 5.10 Å². The van der Waals surface area contributed by atoms with Gasteiger partial charge < -0.3 is 5.32 Å². The van der Waals surface area contributed by atoms with E-state index in [1.807, 2.05) is 12.1 Å². The van der Waals surface area contributed by atoms with Crippen molar-refractivity contribution in [3.05, 3.63) is 94.8 Å². The molecule has 0 aliphatic heterocycles. The first-order valence-corrected chi connectivity index (χ1v) is 8.83. The molecule has 7 heteroatoms. The van der Waals surface area contributed by atoms with Crippen LogP contribution in [-0.2, 0) is 0 Å². The van der Waals surface area contributed by atoms with Crippen molar-refractivity contribution in [1.29, 1.82) is 0 Å². The molecule has 1 heterocycles. The molecule has 0 aliphatic carbocycles. The lowest BCUT2D eigenvalue weighted by atomic mass is 10.1. The molecule has 0 fully saturated rings. The fourth-order valence-corrected chi connectivity index (χ4v) is 2.49. The van der Waals surface area contributed by atoms with Crippen molar-refractivity contribution < 1.29 is 9.59 Å². The number of rotatable bonds is 5. The zero-order valence-electron chi connectivity index (χ0n) is 15.0. The molecule has 1 aromatic heterocycles. The second kappa shape index (κ2) is 8.92. The highest BCUT2D eigenvalue weighted by atomic mass is 35.5. The number of amides is 2. The molecule has 28 heavy (non-hydrogen) atoms. The molecule has 6 nitrogen and oxygen atoms in total. The van der Waals surface area contributed by atoms with E-state index < -0.39 is 0 Å². The van der Waals surface area contributed by atoms with Crippen LogP contribution in [0, 0.1) is 0 Å². The van der Waals surface area contributed by atoms with E-state index in [-0.39, 0.29) is 11.8 Å². The summed E-state index contributed by atoms with van der Waals surface area (Å²) in [5.74, 6) is -0.534. The molecule has 0 saturated carbocycles. The zero-order valence-corrected chi connectivity index (χ0v) is 15.8. The third kappa shape index (κ3) is 5.02. The van der Waals surface area contributed by atoms with Gasteiger partial charge in [-0.2, -0.15) is 5.10 Å². The predicted octanol–water partition coefficient (Wildman–Crippen LogP) is 4.14. The quantitative estimate of drug-likeness (QED) is 0.505. The first kappa shape index (κ1) is 19.3. The van der Waals surface area contributed by atoms with Gasteiger partial charge >= 0.3 is 0 Å². The lowest BCUT2D eigenvalue weighted by Crippen LogP contribution is -2.19. The van der Waals surface area contributed by atoms with Gasteiger partial charge in [-0.05, 0) is 61.0 Å². The van der Waals surface area contributed by atoms with Gasteiger partial charge in [-0.3, -0.25) is 14.6 Å². The molecule has 0 unspecified atom stereocenters. The summed E-state index contributed by atoms with van der Waals surface area (Å²) in [4.78, 5) is 28.1. The van der Waals surface area contributed by atoms with Gasteiger partial charge in [-0.25, -0.2) is 5.43 Å². The number of hydrogen-bond acceptors (Lipinski definition) is 4. The van der Waals surface area contributed by atoms with Crippen LogP contribution >= 0.6 is 11.6 Å². The van der Waals surface area contributed by atoms with Crippen LogP contribution < -0.4 is 10.7 Å². The fraction of sp³-hybridized carbons (Fsp3) is 0.0476. The molecular formula is C21H17ClN4O2. The minimum Gasteiger partial charge on any atom is -0.322 e. The number of anilines is 1. The maximum atomic E-state index is 12.2. The van der Waals surface area contributed by atoms with Crippen LogP contribution in [0.25, 0.3) is 0 Å². The van der Waals surface area contributed by atoms with Gasteiger partial charge in [0, 0.05) is 34.2 Å². The molecule has 3 rings (SSSR count). The molecule has 2 amide bonds. The van der Waals surface area contributed by atoms with Gasteiger partial charge in [-0.1, -0.05) is 23.7 Å². The van der Waals surface area contributed by atoms with E-state index in [0.29, 0.717) is 27.5 Å². The van der Waals surface area contributed by atoms with Gasteiger partial charge in [0.25, 0.3) is 11.8 Å². The van der Waals surface area contributed by atoms with Gasteiger partial charge in [0.1, 0.15) is 0 Å². The summed E-state index contributed by atoms with van der Waals surface area (Å²) in [6.07, 6.45) is 3.09. The van der Waals surface area contributed by atoms with Gasteiger partial charge in [0.05, 0.1) is 5.71 Å². The molecule has 0 aliphatic rings. The highest BCUT2D eigenvalue weighted by molar-refractivity contribution is 6.30. The minimum atomic E-state index is -0.311. The van der Waals surface area contributed by atoms with Crippen LogP contribution in [-0.4, -0.2) is 22.5 Å². The Hall–Kier alpha value is -3.51. The third-order valence-corrected chi connectivity index (χ3v) is 4.19. The Morgan fingerprint density at radius 2 is 1.39 bits per heavy atom. The molecule has 0 atom stereocenters. The van der Waals surface area contributed by atoms with Crippen molar-refractivity contribution in [3.8, 4) is 0 Å². The van der Waals surface area contributed by atoms with Crippen molar-refractivity contribution >= 4 is 34.8 Å². The summed E-state index contributed by atoms with van der Waals surface area (Å²) < 4.78 is 0. The average molecular weight is 393 g/mol. The maximum Gasteiger partial charge on any atom is 0.271 e.